The molecule has 1 N–H and O–H groups in total. The molecule has 5 rings (SSSR count). The molecule has 0 fully saturated rings. The van der Waals surface area contributed by atoms with Crippen LogP contribution in [0.3, 0.4) is 0 Å². The lowest BCUT2D eigenvalue weighted by molar-refractivity contribution is -0.116. The Bertz CT molecular complexity index is 1600. The maximum absolute atomic E-state index is 12.9. The first-order valence-electron chi connectivity index (χ1n) is 13.4. The lowest BCUT2D eigenvalue weighted by atomic mass is 9.94. The summed E-state index contributed by atoms with van der Waals surface area (Å²) in [4.78, 5) is 25.3. The van der Waals surface area contributed by atoms with Gasteiger partial charge in [-0.1, -0.05) is 48.0 Å². The summed E-state index contributed by atoms with van der Waals surface area (Å²) in [5.41, 5.74) is 7.15. The molecule has 0 spiro atoms. The van der Waals surface area contributed by atoms with E-state index >= 15 is 0 Å². The van der Waals surface area contributed by atoms with Crippen molar-refractivity contribution in [3.05, 3.63) is 100 Å². The Kier molecular flexibility index (Phi) is 7.91. The number of amides is 1. The normalized spacial score (nSPS) is 12.8. The van der Waals surface area contributed by atoms with Gasteiger partial charge in [-0.3, -0.25) is 4.79 Å². The summed E-state index contributed by atoms with van der Waals surface area (Å²) in [7, 11) is 3.17. The highest BCUT2D eigenvalue weighted by Crippen LogP contribution is 2.42. The minimum absolute atomic E-state index is 0.0395. The Morgan fingerprint density at radius 1 is 1.02 bits per heavy atom. The third kappa shape index (κ3) is 5.32. The average Bonchev–Trinajstić information content (AvgIpc) is 3.56. The quantitative estimate of drug-likeness (QED) is 0.182. The van der Waals surface area contributed by atoms with E-state index in [1.54, 1.807) is 14.2 Å². The highest BCUT2D eigenvalue weighted by atomic mass is 16.5. The lowest BCUT2D eigenvalue weighted by Gasteiger charge is -2.18. The zero-order valence-electron chi connectivity index (χ0n) is 23.4. The molecule has 1 amide bonds. The maximum atomic E-state index is 12.9. The Morgan fingerprint density at radius 3 is 2.55 bits per heavy atom. The first-order valence-corrected chi connectivity index (χ1v) is 13.4. The number of fused-ring (bicyclic) bond motifs is 2. The van der Waals surface area contributed by atoms with E-state index in [0.29, 0.717) is 36.3 Å². The van der Waals surface area contributed by atoms with Crippen molar-refractivity contribution in [3.8, 4) is 11.5 Å². The van der Waals surface area contributed by atoms with Gasteiger partial charge in [-0.2, -0.15) is 0 Å². The number of aromatic nitrogens is 1. The molecule has 4 aromatic rings. The minimum Gasteiger partial charge on any atom is -0.496 e. The summed E-state index contributed by atoms with van der Waals surface area (Å²) in [6.45, 7) is 4.93. The van der Waals surface area contributed by atoms with Crippen molar-refractivity contribution >= 4 is 28.5 Å². The van der Waals surface area contributed by atoms with E-state index in [2.05, 4.69) is 40.4 Å². The molecular weight excluding hydrogens is 504 g/mol. The number of ether oxygens (including phenoxy) is 3. The van der Waals surface area contributed by atoms with Crippen LogP contribution in [0.15, 0.2) is 72.4 Å². The molecule has 3 aromatic carbocycles. The first kappa shape index (κ1) is 27.1. The molecule has 40 heavy (non-hydrogen) atoms. The number of benzene rings is 3. The molecule has 0 unspecified atom stereocenters. The second-order valence-corrected chi connectivity index (χ2v) is 10.1. The van der Waals surface area contributed by atoms with Crippen molar-refractivity contribution < 1.29 is 23.8 Å². The summed E-state index contributed by atoms with van der Waals surface area (Å²) in [6.07, 6.45) is 5.59. The Morgan fingerprint density at radius 2 is 1.80 bits per heavy atom. The van der Waals surface area contributed by atoms with Crippen LogP contribution in [-0.4, -0.2) is 30.7 Å². The molecule has 206 valence electrons. The van der Waals surface area contributed by atoms with Gasteiger partial charge in [0.1, 0.15) is 23.7 Å². The van der Waals surface area contributed by atoms with Gasteiger partial charge in [-0.15, -0.1) is 0 Å². The number of esters is 1. The molecular formula is C33H34N2O5. The van der Waals surface area contributed by atoms with Crippen LogP contribution in [0.5, 0.6) is 11.5 Å². The van der Waals surface area contributed by atoms with Crippen molar-refractivity contribution in [2.75, 3.05) is 19.5 Å². The predicted molar refractivity (Wildman–Crippen MR) is 156 cm³/mol. The minimum atomic E-state index is -0.373. The van der Waals surface area contributed by atoms with Gasteiger partial charge in [0.25, 0.3) is 0 Å². The van der Waals surface area contributed by atoms with Crippen molar-refractivity contribution in [1.29, 1.82) is 0 Å². The number of allylic oxidation sites excluding steroid dienone is 2. The van der Waals surface area contributed by atoms with E-state index in [9.17, 15) is 9.59 Å². The van der Waals surface area contributed by atoms with Crippen LogP contribution in [0.2, 0.25) is 0 Å². The third-order valence-corrected chi connectivity index (χ3v) is 7.51. The lowest BCUT2D eigenvalue weighted by Crippen LogP contribution is -2.11. The molecule has 0 atom stereocenters. The number of nitrogens with one attached hydrogen (secondary N) is 1. The van der Waals surface area contributed by atoms with E-state index in [0.717, 1.165) is 45.4 Å². The maximum Gasteiger partial charge on any atom is 0.342 e. The highest BCUT2D eigenvalue weighted by Gasteiger charge is 2.32. The smallest absolute Gasteiger partial charge is 0.342 e. The van der Waals surface area contributed by atoms with Gasteiger partial charge in [0.05, 0.1) is 25.4 Å². The molecule has 0 saturated heterocycles. The summed E-state index contributed by atoms with van der Waals surface area (Å²) in [5.74, 6) is 0.779. The molecule has 1 aliphatic heterocycles. The number of cyclic esters (lactones) is 1. The van der Waals surface area contributed by atoms with Crippen LogP contribution < -0.4 is 14.8 Å². The fourth-order valence-electron chi connectivity index (χ4n) is 5.39. The van der Waals surface area contributed by atoms with Gasteiger partial charge in [0.2, 0.25) is 5.91 Å². The molecule has 1 aliphatic rings. The molecule has 0 saturated carbocycles. The zero-order valence-corrected chi connectivity index (χ0v) is 23.4. The number of nitrogens with zero attached hydrogens (tertiary/aromatic N) is 1. The van der Waals surface area contributed by atoms with E-state index < -0.39 is 0 Å². The molecule has 1 aromatic heterocycles. The van der Waals surface area contributed by atoms with E-state index in [1.165, 1.54) is 5.56 Å². The zero-order chi connectivity index (χ0) is 28.2. The summed E-state index contributed by atoms with van der Waals surface area (Å²) in [5, 5.41) is 4.11. The fraction of sp³-hybridized carbons (Fsp3) is 0.273. The molecule has 0 bridgehead atoms. The van der Waals surface area contributed by atoms with Gasteiger partial charge in [0, 0.05) is 35.7 Å². The summed E-state index contributed by atoms with van der Waals surface area (Å²) < 4.78 is 18.8. The van der Waals surface area contributed by atoms with Crippen molar-refractivity contribution in [3.63, 3.8) is 0 Å². The highest BCUT2D eigenvalue weighted by molar-refractivity contribution is 6.01. The fourth-order valence-corrected chi connectivity index (χ4v) is 5.39. The standard InChI is InChI=1S/C33H34N2O5/c1-21(13-15-25-31(38-3)22(2)26-20-40-33(37)30(26)32(25)39-4)14-16-29(36)34-27-11-8-12-28-24(27)17-18-35(28)19-23-9-6-5-7-10-23/h5-13,17-18H,14-16,19-20H2,1-4H3,(H,34,36). The van der Waals surface area contributed by atoms with Crippen LogP contribution in [0.4, 0.5) is 5.69 Å². The van der Waals surface area contributed by atoms with Gasteiger partial charge in [0.15, 0.2) is 0 Å². The molecule has 0 aliphatic carbocycles. The van der Waals surface area contributed by atoms with Gasteiger partial charge < -0.3 is 24.1 Å². The number of anilines is 1. The van der Waals surface area contributed by atoms with Crippen LogP contribution in [0.25, 0.3) is 10.9 Å². The van der Waals surface area contributed by atoms with E-state index in [-0.39, 0.29) is 18.5 Å². The van der Waals surface area contributed by atoms with Crippen LogP contribution in [0.1, 0.15) is 52.4 Å². The monoisotopic (exact) mass is 538 g/mol. The summed E-state index contributed by atoms with van der Waals surface area (Å²) in [6, 6.07) is 18.4. The van der Waals surface area contributed by atoms with Crippen LogP contribution in [0, 0.1) is 6.92 Å². The first-order chi connectivity index (χ1) is 19.4. The number of rotatable bonds is 10. The average molecular weight is 539 g/mol. The largest absolute Gasteiger partial charge is 0.496 e. The van der Waals surface area contributed by atoms with Crippen molar-refractivity contribution in [1.82, 2.24) is 4.57 Å². The summed E-state index contributed by atoms with van der Waals surface area (Å²) >= 11 is 0. The topological polar surface area (TPSA) is 78.8 Å². The Hall–Kier alpha value is -4.52. The predicted octanol–water partition coefficient (Wildman–Crippen LogP) is 6.59. The third-order valence-electron chi connectivity index (χ3n) is 7.51. The Balaban J connectivity index is 1.26. The Labute approximate surface area is 234 Å². The molecule has 0 radical (unpaired) electrons. The van der Waals surface area contributed by atoms with Gasteiger partial charge >= 0.3 is 5.97 Å². The van der Waals surface area contributed by atoms with Gasteiger partial charge in [-0.05, 0) is 56.0 Å². The SMILES string of the molecule is COc1c(C)c2c(c(OC)c1CC=C(C)CCC(=O)Nc1cccc3c1ccn3Cc1ccccc1)C(=O)OC2. The number of methoxy groups -OCH3 is 2. The van der Waals surface area contributed by atoms with Crippen molar-refractivity contribution in [2.45, 2.75) is 46.3 Å². The molecule has 7 heteroatoms. The van der Waals surface area contributed by atoms with E-state index in [4.69, 9.17) is 14.2 Å². The van der Waals surface area contributed by atoms with Gasteiger partial charge in [-0.25, -0.2) is 4.79 Å². The molecule has 7 nitrogen and oxygen atoms in total. The number of hydrogen-bond donors (Lipinski definition) is 1. The van der Waals surface area contributed by atoms with Crippen molar-refractivity contribution in [2.24, 2.45) is 0 Å². The van der Waals surface area contributed by atoms with E-state index in [1.807, 2.05) is 50.2 Å². The number of carbonyl (C=O) groups is 2. The van der Waals surface area contributed by atoms with Crippen LogP contribution >= 0.6 is 0 Å². The number of hydrogen-bond acceptors (Lipinski definition) is 5. The number of carbonyl (C=O) groups excluding carboxylic acids is 2. The van der Waals surface area contributed by atoms with Crippen LogP contribution in [-0.2, 0) is 29.1 Å². The second-order valence-electron chi connectivity index (χ2n) is 10.1. The second kappa shape index (κ2) is 11.7. The molecule has 2 heterocycles.